The first kappa shape index (κ1) is 32.1. The van der Waals surface area contributed by atoms with Crippen LogP contribution in [0.4, 0.5) is 0 Å². The van der Waals surface area contributed by atoms with E-state index in [0.717, 1.165) is 0 Å². The fourth-order valence-corrected chi connectivity index (χ4v) is 4.09. The van der Waals surface area contributed by atoms with Crippen LogP contribution in [0.3, 0.4) is 0 Å². The van der Waals surface area contributed by atoms with Gasteiger partial charge in [0.05, 0.1) is 0 Å². The van der Waals surface area contributed by atoms with Gasteiger partial charge in [0.2, 0.25) is 29.5 Å². The maximum atomic E-state index is 13.6. The zero-order chi connectivity index (χ0) is 29.9. The quantitative estimate of drug-likeness (QED) is 0.124. The van der Waals surface area contributed by atoms with Crippen molar-refractivity contribution in [3.8, 4) is 0 Å². The van der Waals surface area contributed by atoms with Crippen LogP contribution in [0.15, 0.2) is 35.3 Å². The third kappa shape index (κ3) is 9.24. The first-order valence-electron chi connectivity index (χ1n) is 13.5. The number of carbonyl (C=O) groups is 5. The number of hydrogen-bond donors (Lipinski definition) is 7. The third-order valence-electron chi connectivity index (χ3n) is 6.64. The van der Waals surface area contributed by atoms with E-state index in [1.54, 1.807) is 58.0 Å². The Hall–Kier alpha value is -4.16. The summed E-state index contributed by atoms with van der Waals surface area (Å²) in [6.45, 7) is 6.89. The van der Waals surface area contributed by atoms with Crippen molar-refractivity contribution < 1.29 is 24.0 Å². The van der Waals surface area contributed by atoms with Crippen molar-refractivity contribution in [1.82, 2.24) is 26.6 Å². The van der Waals surface area contributed by atoms with Gasteiger partial charge < -0.3 is 38.1 Å². The van der Waals surface area contributed by atoms with E-state index in [0.29, 0.717) is 12.0 Å². The Morgan fingerprint density at radius 2 is 1.68 bits per heavy atom. The number of amides is 5. The highest BCUT2D eigenvalue weighted by Gasteiger charge is 2.38. The van der Waals surface area contributed by atoms with Crippen molar-refractivity contribution in [2.45, 2.75) is 77.0 Å². The molecule has 1 aromatic rings. The first-order chi connectivity index (χ1) is 18.9. The summed E-state index contributed by atoms with van der Waals surface area (Å²) >= 11 is 0. The minimum absolute atomic E-state index is 0.0128. The lowest BCUT2D eigenvalue weighted by Crippen LogP contribution is -2.63. The molecule has 13 nitrogen and oxygen atoms in total. The average Bonchev–Trinajstić information content (AvgIpc) is 2.91. The molecule has 0 saturated carbocycles. The van der Waals surface area contributed by atoms with Crippen molar-refractivity contribution in [1.29, 1.82) is 0 Å². The molecule has 1 aliphatic heterocycles. The Balaban J connectivity index is 2.45. The highest BCUT2D eigenvalue weighted by atomic mass is 16.2. The molecule has 220 valence electrons. The van der Waals surface area contributed by atoms with Crippen molar-refractivity contribution >= 4 is 35.5 Å². The van der Waals surface area contributed by atoms with E-state index < -0.39 is 53.2 Å². The fourth-order valence-electron chi connectivity index (χ4n) is 4.09. The maximum absolute atomic E-state index is 13.6. The van der Waals surface area contributed by atoms with Gasteiger partial charge in [-0.2, -0.15) is 0 Å². The van der Waals surface area contributed by atoms with Gasteiger partial charge in [-0.1, -0.05) is 51.1 Å². The summed E-state index contributed by atoms with van der Waals surface area (Å²) in [5, 5.41) is 13.7. The first-order valence-corrected chi connectivity index (χ1v) is 13.5. The molecule has 0 bridgehead atoms. The minimum Gasteiger partial charge on any atom is -0.370 e. The molecule has 1 aromatic carbocycles. The zero-order valence-corrected chi connectivity index (χ0v) is 23.6. The molecule has 0 spiro atoms. The summed E-state index contributed by atoms with van der Waals surface area (Å²) in [6, 6.07) is 5.64. The number of nitrogens with one attached hydrogen (secondary N) is 5. The summed E-state index contributed by atoms with van der Waals surface area (Å²) in [6.07, 6.45) is 0.792. The summed E-state index contributed by atoms with van der Waals surface area (Å²) in [7, 11) is 0. The molecule has 1 heterocycles. The third-order valence-corrected chi connectivity index (χ3v) is 6.64. The van der Waals surface area contributed by atoms with Gasteiger partial charge in [-0.15, -0.1) is 0 Å². The molecule has 40 heavy (non-hydrogen) atoms. The van der Waals surface area contributed by atoms with Crippen LogP contribution in [-0.4, -0.2) is 66.2 Å². The molecule has 0 radical (unpaired) electrons. The molecule has 13 heteroatoms. The van der Waals surface area contributed by atoms with E-state index in [2.05, 4.69) is 31.6 Å². The number of benzene rings is 1. The van der Waals surface area contributed by atoms with E-state index in [1.165, 1.54) is 0 Å². The number of nitrogens with zero attached hydrogens (tertiary/aromatic N) is 1. The van der Waals surface area contributed by atoms with Crippen LogP contribution >= 0.6 is 0 Å². The van der Waals surface area contributed by atoms with E-state index in [4.69, 9.17) is 11.5 Å². The van der Waals surface area contributed by atoms with Crippen LogP contribution in [0, 0.1) is 5.92 Å². The lowest BCUT2D eigenvalue weighted by atomic mass is 9.94. The molecule has 1 saturated heterocycles. The number of guanidine groups is 1. The second-order valence-electron chi connectivity index (χ2n) is 10.3. The van der Waals surface area contributed by atoms with Crippen LogP contribution in [0.2, 0.25) is 0 Å². The Bertz CT molecular complexity index is 1090. The van der Waals surface area contributed by atoms with E-state index in [-0.39, 0.29) is 44.2 Å². The van der Waals surface area contributed by atoms with Crippen molar-refractivity contribution in [3.05, 3.63) is 35.9 Å². The van der Waals surface area contributed by atoms with Crippen LogP contribution in [0.1, 0.15) is 65.0 Å². The van der Waals surface area contributed by atoms with Gasteiger partial charge in [0.15, 0.2) is 5.96 Å². The van der Waals surface area contributed by atoms with Crippen LogP contribution in [-0.2, 0) is 24.0 Å². The van der Waals surface area contributed by atoms with Crippen LogP contribution < -0.4 is 38.1 Å². The molecule has 1 fully saturated rings. The molecular weight excluding hydrogens is 516 g/mol. The second-order valence-corrected chi connectivity index (χ2v) is 10.3. The lowest BCUT2D eigenvalue weighted by Gasteiger charge is -2.33. The Morgan fingerprint density at radius 3 is 2.27 bits per heavy atom. The van der Waals surface area contributed by atoms with E-state index >= 15 is 0 Å². The van der Waals surface area contributed by atoms with Gasteiger partial charge in [0, 0.05) is 19.0 Å². The summed E-state index contributed by atoms with van der Waals surface area (Å²) in [5.74, 6) is -3.10. The number of carbonyl (C=O) groups excluding carboxylic acids is 5. The predicted octanol–water partition coefficient (Wildman–Crippen LogP) is -0.672. The SMILES string of the molecule is CCC1NC(=O)C(CCCN=C(N)N)NC(=O)C(C)(NC(=O)C(C)C)CCNC(=O)C(c2ccccc2)NC1=O. The molecule has 9 N–H and O–H groups in total. The minimum atomic E-state index is -1.45. The highest BCUT2D eigenvalue weighted by Crippen LogP contribution is 2.17. The Labute approximate surface area is 234 Å². The molecule has 5 amide bonds. The smallest absolute Gasteiger partial charge is 0.247 e. The number of nitrogens with two attached hydrogens (primary N) is 2. The van der Waals surface area contributed by atoms with Gasteiger partial charge >= 0.3 is 0 Å². The predicted molar refractivity (Wildman–Crippen MR) is 150 cm³/mol. The molecule has 0 aromatic heterocycles. The van der Waals surface area contributed by atoms with E-state index in [9.17, 15) is 24.0 Å². The molecule has 2 rings (SSSR count). The second kappa shape index (κ2) is 14.8. The van der Waals surface area contributed by atoms with E-state index in [1.807, 2.05) is 0 Å². The van der Waals surface area contributed by atoms with Gasteiger partial charge in [0.25, 0.3) is 0 Å². The fraction of sp³-hybridized carbons (Fsp3) is 0.556. The van der Waals surface area contributed by atoms with Gasteiger partial charge in [-0.3, -0.25) is 29.0 Å². The Kier molecular flexibility index (Phi) is 11.9. The Morgan fingerprint density at radius 1 is 1.02 bits per heavy atom. The number of hydrogen-bond acceptors (Lipinski definition) is 6. The van der Waals surface area contributed by atoms with Crippen molar-refractivity contribution in [2.75, 3.05) is 13.1 Å². The standard InChI is InChI=1S/C27H42N8O5/c1-5-18-22(37)34-20(17-10-7-6-8-11-17)24(39)30-15-13-27(4,35-21(36)16(2)3)25(40)33-19(23(38)32-18)12-9-14-31-26(28)29/h6-8,10-11,16,18-20H,5,9,12-15H2,1-4H3,(H,30,39)(H,32,38)(H,33,40)(H,34,37)(H,35,36)(H4,28,29,31). The molecular formula is C27H42N8O5. The zero-order valence-electron chi connectivity index (χ0n) is 23.6. The van der Waals surface area contributed by atoms with Crippen LogP contribution in [0.5, 0.6) is 0 Å². The van der Waals surface area contributed by atoms with Crippen LogP contribution in [0.25, 0.3) is 0 Å². The summed E-state index contributed by atoms with van der Waals surface area (Å²) in [5.41, 5.74) is 9.88. The van der Waals surface area contributed by atoms with Crippen molar-refractivity contribution in [2.24, 2.45) is 22.4 Å². The molecule has 0 aliphatic carbocycles. The molecule has 4 unspecified atom stereocenters. The average molecular weight is 559 g/mol. The largest absolute Gasteiger partial charge is 0.370 e. The highest BCUT2D eigenvalue weighted by molar-refractivity contribution is 5.97. The monoisotopic (exact) mass is 558 g/mol. The van der Waals surface area contributed by atoms with Crippen molar-refractivity contribution in [3.63, 3.8) is 0 Å². The normalized spacial score (nSPS) is 24.6. The van der Waals surface area contributed by atoms with Gasteiger partial charge in [-0.25, -0.2) is 0 Å². The topological polar surface area (TPSA) is 210 Å². The summed E-state index contributed by atoms with van der Waals surface area (Å²) in [4.78, 5) is 69.9. The number of rotatable bonds is 8. The molecule has 4 atom stereocenters. The van der Waals surface area contributed by atoms with Gasteiger partial charge in [-0.05, 0) is 38.2 Å². The van der Waals surface area contributed by atoms with Gasteiger partial charge in [0.1, 0.15) is 23.7 Å². The number of aliphatic imine (C=N–C) groups is 1. The molecule has 1 aliphatic rings. The maximum Gasteiger partial charge on any atom is 0.247 e. The lowest BCUT2D eigenvalue weighted by molar-refractivity contribution is -0.138. The summed E-state index contributed by atoms with van der Waals surface area (Å²) < 4.78 is 0.